The van der Waals surface area contributed by atoms with Crippen molar-refractivity contribution in [3.8, 4) is 0 Å². The number of hydrogen-bond donors (Lipinski definition) is 0. The normalized spacial score (nSPS) is 9.21. The molecule has 2 aromatic heterocycles. The van der Waals surface area contributed by atoms with Crippen LogP contribution in [0.25, 0.3) is 12.2 Å². The van der Waals surface area contributed by atoms with Crippen LogP contribution in [0, 0.1) is 20.8 Å². The molecule has 2 heterocycles. The number of aromatic nitrogens is 2. The third-order valence-corrected chi connectivity index (χ3v) is 2.73. The largest absolute Gasteiger partial charge is 0.264 e. The van der Waals surface area contributed by atoms with Crippen molar-refractivity contribution in [3.05, 3.63) is 71.8 Å². The van der Waals surface area contributed by atoms with E-state index in [-0.39, 0.29) is 0 Å². The van der Waals surface area contributed by atoms with Gasteiger partial charge in [-0.2, -0.15) is 0 Å². The van der Waals surface area contributed by atoms with Crippen molar-refractivity contribution < 1.29 is 0 Å². The molecule has 0 aromatic carbocycles. The number of nitrogens with zero attached hydrogens (tertiary/aromatic N) is 2. The van der Waals surface area contributed by atoms with Gasteiger partial charge in [0.05, 0.1) is 0 Å². The van der Waals surface area contributed by atoms with E-state index in [0.29, 0.717) is 0 Å². The van der Waals surface area contributed by atoms with Gasteiger partial charge in [0.1, 0.15) is 0 Å². The smallest absolute Gasteiger partial charge is 0.0402 e. The molecular weight excluding hydrogens is 232 g/mol. The van der Waals surface area contributed by atoms with Crippen LogP contribution in [0.3, 0.4) is 0 Å². The molecule has 0 aliphatic heterocycles. The zero-order valence-corrected chi connectivity index (χ0v) is 11.9. The minimum absolute atomic E-state index is 1.08. The van der Waals surface area contributed by atoms with Gasteiger partial charge in [-0.1, -0.05) is 25.3 Å². The summed E-state index contributed by atoms with van der Waals surface area (Å²) < 4.78 is 0. The lowest BCUT2D eigenvalue weighted by Crippen LogP contribution is -1.86. The standard InChI is InChI=1S/C9H11N.C8H9N/c1-4-9-5-7(2)8(3)10-6-9;1-3-8-4-7(2)5-9-6-8/h4-6H,1H2,2-3H3;3-6H,1H2,2H3. The predicted molar refractivity (Wildman–Crippen MR) is 82.9 cm³/mol. The maximum atomic E-state index is 4.18. The molecule has 2 aromatic rings. The summed E-state index contributed by atoms with van der Waals surface area (Å²) >= 11 is 0. The highest BCUT2D eigenvalue weighted by atomic mass is 14.7. The zero-order valence-electron chi connectivity index (χ0n) is 11.9. The van der Waals surface area contributed by atoms with Crippen LogP contribution < -0.4 is 0 Å². The molecule has 0 N–H and O–H groups in total. The number of hydrogen-bond acceptors (Lipinski definition) is 2. The fourth-order valence-electron chi connectivity index (χ4n) is 1.47. The van der Waals surface area contributed by atoms with Crippen LogP contribution in [-0.4, -0.2) is 9.97 Å². The Morgan fingerprint density at radius 3 is 2.00 bits per heavy atom. The quantitative estimate of drug-likeness (QED) is 0.793. The maximum absolute atomic E-state index is 4.18. The van der Waals surface area contributed by atoms with Crippen molar-refractivity contribution in [2.24, 2.45) is 0 Å². The highest BCUT2D eigenvalue weighted by molar-refractivity contribution is 5.47. The first-order valence-electron chi connectivity index (χ1n) is 6.16. The number of pyridine rings is 2. The van der Waals surface area contributed by atoms with Gasteiger partial charge in [0.2, 0.25) is 0 Å². The molecule has 19 heavy (non-hydrogen) atoms. The second kappa shape index (κ2) is 7.27. The predicted octanol–water partition coefficient (Wildman–Crippen LogP) is 4.37. The molecule has 0 amide bonds. The van der Waals surface area contributed by atoms with Gasteiger partial charge in [0.15, 0.2) is 0 Å². The Morgan fingerprint density at radius 2 is 1.53 bits per heavy atom. The van der Waals surface area contributed by atoms with Gasteiger partial charge in [-0.25, -0.2) is 0 Å². The summed E-state index contributed by atoms with van der Waals surface area (Å²) in [7, 11) is 0. The molecule has 0 aliphatic rings. The summed E-state index contributed by atoms with van der Waals surface area (Å²) in [6, 6.07) is 4.12. The summed E-state index contributed by atoms with van der Waals surface area (Å²) in [5.74, 6) is 0. The summed E-state index contributed by atoms with van der Waals surface area (Å²) in [5.41, 5.74) is 5.65. The van der Waals surface area contributed by atoms with Crippen molar-refractivity contribution in [1.29, 1.82) is 0 Å². The Balaban J connectivity index is 0.000000191. The van der Waals surface area contributed by atoms with E-state index in [0.717, 1.165) is 16.8 Å². The summed E-state index contributed by atoms with van der Waals surface area (Å²) in [6.45, 7) is 13.4. The molecule has 0 saturated heterocycles. The van der Waals surface area contributed by atoms with Gasteiger partial charge in [-0.3, -0.25) is 9.97 Å². The first kappa shape index (κ1) is 14.8. The van der Waals surface area contributed by atoms with Crippen molar-refractivity contribution >= 4 is 12.2 Å². The van der Waals surface area contributed by atoms with Crippen LogP contribution in [0.15, 0.2) is 43.9 Å². The summed E-state index contributed by atoms with van der Waals surface area (Å²) in [4.78, 5) is 8.16. The highest BCUT2D eigenvalue weighted by Gasteiger charge is 1.92. The Hall–Kier alpha value is -2.22. The number of aryl methyl sites for hydroxylation is 3. The molecule has 0 unspecified atom stereocenters. The number of rotatable bonds is 2. The molecule has 0 spiro atoms. The van der Waals surface area contributed by atoms with Crippen LogP contribution in [0.5, 0.6) is 0 Å². The molecule has 2 rings (SSSR count). The monoisotopic (exact) mass is 252 g/mol. The van der Waals surface area contributed by atoms with E-state index in [2.05, 4.69) is 36.1 Å². The van der Waals surface area contributed by atoms with E-state index >= 15 is 0 Å². The van der Waals surface area contributed by atoms with E-state index in [4.69, 9.17) is 0 Å². The van der Waals surface area contributed by atoms with Crippen molar-refractivity contribution in [2.45, 2.75) is 20.8 Å². The third-order valence-electron chi connectivity index (χ3n) is 2.73. The second-order valence-corrected chi connectivity index (χ2v) is 4.37. The average molecular weight is 252 g/mol. The molecule has 0 fully saturated rings. The Morgan fingerprint density at radius 1 is 0.895 bits per heavy atom. The van der Waals surface area contributed by atoms with E-state index in [1.807, 2.05) is 32.3 Å². The van der Waals surface area contributed by atoms with E-state index in [9.17, 15) is 0 Å². The summed E-state index contributed by atoms with van der Waals surface area (Å²) in [5, 5.41) is 0. The fraction of sp³-hybridized carbons (Fsp3) is 0.176. The second-order valence-electron chi connectivity index (χ2n) is 4.37. The first-order chi connectivity index (χ1) is 9.06. The SMILES string of the molecule is C=Cc1cnc(C)c(C)c1.C=Cc1cncc(C)c1. The van der Waals surface area contributed by atoms with Gasteiger partial charge in [-0.05, 0) is 55.2 Å². The van der Waals surface area contributed by atoms with Gasteiger partial charge in [0, 0.05) is 24.3 Å². The van der Waals surface area contributed by atoms with Crippen LogP contribution in [0.1, 0.15) is 27.9 Å². The van der Waals surface area contributed by atoms with E-state index in [1.165, 1.54) is 11.1 Å². The van der Waals surface area contributed by atoms with Gasteiger partial charge in [0.25, 0.3) is 0 Å². The van der Waals surface area contributed by atoms with Crippen LogP contribution in [0.4, 0.5) is 0 Å². The van der Waals surface area contributed by atoms with Crippen molar-refractivity contribution in [3.63, 3.8) is 0 Å². The molecule has 0 radical (unpaired) electrons. The van der Waals surface area contributed by atoms with Crippen LogP contribution >= 0.6 is 0 Å². The van der Waals surface area contributed by atoms with Crippen LogP contribution in [0.2, 0.25) is 0 Å². The zero-order chi connectivity index (χ0) is 14.3. The molecule has 2 heteroatoms. The molecule has 0 saturated carbocycles. The average Bonchev–Trinajstić information content (AvgIpc) is 2.42. The Kier molecular flexibility index (Phi) is 5.68. The third kappa shape index (κ3) is 4.88. The minimum atomic E-state index is 1.08. The fourth-order valence-corrected chi connectivity index (χ4v) is 1.47. The van der Waals surface area contributed by atoms with Gasteiger partial charge < -0.3 is 0 Å². The maximum Gasteiger partial charge on any atom is 0.0402 e. The first-order valence-corrected chi connectivity index (χ1v) is 6.16. The lowest BCUT2D eigenvalue weighted by atomic mass is 10.2. The summed E-state index contributed by atoms with van der Waals surface area (Å²) in [6.07, 6.45) is 9.04. The molecule has 0 atom stereocenters. The lowest BCUT2D eigenvalue weighted by molar-refractivity contribution is 1.14. The Labute approximate surface area is 115 Å². The van der Waals surface area contributed by atoms with Gasteiger partial charge >= 0.3 is 0 Å². The topological polar surface area (TPSA) is 25.8 Å². The van der Waals surface area contributed by atoms with Crippen molar-refractivity contribution in [2.75, 3.05) is 0 Å². The highest BCUT2D eigenvalue weighted by Crippen LogP contribution is 2.06. The molecular formula is C17H20N2. The van der Waals surface area contributed by atoms with E-state index in [1.54, 1.807) is 18.3 Å². The lowest BCUT2D eigenvalue weighted by Gasteiger charge is -1.98. The van der Waals surface area contributed by atoms with Gasteiger partial charge in [-0.15, -0.1) is 0 Å². The van der Waals surface area contributed by atoms with Crippen molar-refractivity contribution in [1.82, 2.24) is 9.97 Å². The minimum Gasteiger partial charge on any atom is -0.264 e. The molecule has 0 bridgehead atoms. The molecule has 98 valence electrons. The molecule has 0 aliphatic carbocycles. The van der Waals surface area contributed by atoms with E-state index < -0.39 is 0 Å². The Bertz CT molecular complexity index is 571. The van der Waals surface area contributed by atoms with Crippen LogP contribution in [-0.2, 0) is 0 Å². The molecule has 2 nitrogen and oxygen atoms in total.